The molecule has 0 radical (unpaired) electrons. The van der Waals surface area contributed by atoms with Crippen LogP contribution in [0.25, 0.3) is 0 Å². The smallest absolute Gasteiger partial charge is 0.321 e. The van der Waals surface area contributed by atoms with Crippen molar-refractivity contribution in [2.24, 2.45) is 5.73 Å². The molecule has 0 aromatic carbocycles. The Morgan fingerprint density at radius 2 is 1.75 bits per heavy atom. The Kier molecular flexibility index (Phi) is 6.90. The Hall–Kier alpha value is -1.18. The first-order chi connectivity index (χ1) is 9.53. The molecule has 1 heterocycles. The normalized spacial score (nSPS) is 20.2. The second-order valence-electron chi connectivity index (χ2n) is 5.11. The minimum atomic E-state index is -0.463. The van der Waals surface area contributed by atoms with Crippen LogP contribution in [0.4, 0.5) is 4.79 Å². The Morgan fingerprint density at radius 1 is 1.20 bits per heavy atom. The molecule has 7 nitrogen and oxygen atoms in total. The Labute approximate surface area is 120 Å². The second-order valence-corrected chi connectivity index (χ2v) is 5.11. The fourth-order valence-electron chi connectivity index (χ4n) is 2.51. The van der Waals surface area contributed by atoms with Crippen LogP contribution in [0.15, 0.2) is 0 Å². The maximum atomic E-state index is 11.9. The molecule has 0 spiro atoms. The number of piperazine rings is 1. The van der Waals surface area contributed by atoms with Gasteiger partial charge in [-0.05, 0) is 13.3 Å². The molecular weight excluding hydrogens is 258 g/mol. The van der Waals surface area contributed by atoms with Gasteiger partial charge >= 0.3 is 6.03 Å². The fourth-order valence-corrected chi connectivity index (χ4v) is 2.51. The lowest BCUT2D eigenvalue weighted by Gasteiger charge is -2.40. The van der Waals surface area contributed by atoms with Gasteiger partial charge in [-0.3, -0.25) is 19.9 Å². The summed E-state index contributed by atoms with van der Waals surface area (Å²) in [6, 6.07) is -0.339. The van der Waals surface area contributed by atoms with Crippen LogP contribution in [0.1, 0.15) is 20.3 Å². The van der Waals surface area contributed by atoms with Crippen LogP contribution >= 0.6 is 0 Å². The van der Waals surface area contributed by atoms with Crippen LogP contribution in [0.2, 0.25) is 0 Å². The lowest BCUT2D eigenvalue weighted by molar-refractivity contribution is -0.125. The summed E-state index contributed by atoms with van der Waals surface area (Å²) in [6.07, 6.45) is 1.04. The van der Waals surface area contributed by atoms with E-state index in [0.717, 1.165) is 32.6 Å². The number of nitrogens with two attached hydrogens (primary N) is 1. The van der Waals surface area contributed by atoms with Gasteiger partial charge in [-0.2, -0.15) is 0 Å². The molecule has 1 aliphatic heterocycles. The minimum absolute atomic E-state index is 0.260. The summed E-state index contributed by atoms with van der Waals surface area (Å²) in [5.74, 6) is -0.260. The van der Waals surface area contributed by atoms with Crippen LogP contribution in [0.3, 0.4) is 0 Å². The van der Waals surface area contributed by atoms with E-state index < -0.39 is 6.03 Å². The highest BCUT2D eigenvalue weighted by molar-refractivity contribution is 5.96. The number of carbonyl (C=O) groups is 2. The summed E-state index contributed by atoms with van der Waals surface area (Å²) < 4.78 is 0. The molecule has 7 heteroatoms. The molecule has 1 saturated heterocycles. The quantitative estimate of drug-likeness (QED) is 0.614. The van der Waals surface area contributed by atoms with E-state index in [1.54, 1.807) is 0 Å². The fraction of sp³-hybridized carbons (Fsp3) is 0.846. The third kappa shape index (κ3) is 4.43. The third-order valence-electron chi connectivity index (χ3n) is 4.00. The topological polar surface area (TPSA) is 90.7 Å². The Morgan fingerprint density at radius 3 is 2.20 bits per heavy atom. The van der Waals surface area contributed by atoms with Crippen molar-refractivity contribution in [3.63, 3.8) is 0 Å². The van der Waals surface area contributed by atoms with Gasteiger partial charge in [0.05, 0.1) is 6.04 Å². The van der Waals surface area contributed by atoms with Gasteiger partial charge in [0.2, 0.25) is 5.91 Å². The molecule has 20 heavy (non-hydrogen) atoms. The number of nitrogens with one attached hydrogen (secondary N) is 2. The molecule has 0 aliphatic carbocycles. The molecule has 1 aliphatic rings. The van der Waals surface area contributed by atoms with Crippen LogP contribution in [0, 0.1) is 0 Å². The zero-order valence-corrected chi connectivity index (χ0v) is 12.7. The number of carbonyl (C=O) groups excluding carboxylic acids is 2. The summed E-state index contributed by atoms with van der Waals surface area (Å²) in [6.45, 7) is 8.10. The summed E-state index contributed by atoms with van der Waals surface area (Å²) in [5.41, 5.74) is 5.76. The summed E-state index contributed by atoms with van der Waals surface area (Å²) in [7, 11) is 1.49. The maximum absolute atomic E-state index is 11.9. The second kappa shape index (κ2) is 8.18. The molecule has 1 rings (SSSR count). The van der Waals surface area contributed by atoms with E-state index in [1.807, 2.05) is 6.92 Å². The highest BCUT2D eigenvalue weighted by Crippen LogP contribution is 2.11. The summed E-state index contributed by atoms with van der Waals surface area (Å²) in [5, 5.41) is 4.70. The first-order valence-electron chi connectivity index (χ1n) is 7.24. The molecule has 1 fully saturated rings. The SMILES string of the molecule is CCC(CN)N1CCN(C(C)C(=O)NC(=O)NC)CC1. The average Bonchev–Trinajstić information content (AvgIpc) is 2.48. The largest absolute Gasteiger partial charge is 0.341 e. The zero-order chi connectivity index (χ0) is 15.1. The van der Waals surface area contributed by atoms with Crippen molar-refractivity contribution in [2.45, 2.75) is 32.4 Å². The first-order valence-corrected chi connectivity index (χ1v) is 7.24. The van der Waals surface area contributed by atoms with Gasteiger partial charge < -0.3 is 11.1 Å². The maximum Gasteiger partial charge on any atom is 0.321 e. The predicted molar refractivity (Wildman–Crippen MR) is 78.3 cm³/mol. The zero-order valence-electron chi connectivity index (χ0n) is 12.7. The number of hydrogen-bond acceptors (Lipinski definition) is 5. The molecule has 0 saturated carbocycles. The molecule has 3 amide bonds. The predicted octanol–water partition coefficient (Wildman–Crippen LogP) is -0.815. The number of nitrogens with zero attached hydrogens (tertiary/aromatic N) is 2. The van der Waals surface area contributed by atoms with Gasteiger partial charge in [0.1, 0.15) is 0 Å². The van der Waals surface area contributed by atoms with E-state index in [0.29, 0.717) is 12.6 Å². The van der Waals surface area contributed by atoms with Crippen molar-refractivity contribution >= 4 is 11.9 Å². The Bertz CT molecular complexity index is 325. The molecule has 116 valence electrons. The highest BCUT2D eigenvalue weighted by atomic mass is 16.2. The lowest BCUT2D eigenvalue weighted by Crippen LogP contribution is -2.57. The number of amides is 3. The molecule has 0 bridgehead atoms. The standard InChI is InChI=1S/C13H27N5O2/c1-4-11(9-14)18-7-5-17(6-8-18)10(2)12(19)16-13(20)15-3/h10-11H,4-9,14H2,1-3H3,(H2,15,16,19,20). The van der Waals surface area contributed by atoms with E-state index in [2.05, 4.69) is 27.4 Å². The van der Waals surface area contributed by atoms with E-state index in [-0.39, 0.29) is 11.9 Å². The molecular formula is C13H27N5O2. The van der Waals surface area contributed by atoms with Gasteiger partial charge in [0.25, 0.3) is 0 Å². The van der Waals surface area contributed by atoms with Crippen molar-refractivity contribution in [3.05, 3.63) is 0 Å². The van der Waals surface area contributed by atoms with E-state index >= 15 is 0 Å². The van der Waals surface area contributed by atoms with Gasteiger partial charge in [-0.1, -0.05) is 6.92 Å². The van der Waals surface area contributed by atoms with Gasteiger partial charge in [0, 0.05) is 45.8 Å². The molecule has 0 aromatic rings. The lowest BCUT2D eigenvalue weighted by atomic mass is 10.1. The van der Waals surface area contributed by atoms with E-state index in [9.17, 15) is 9.59 Å². The number of imide groups is 1. The van der Waals surface area contributed by atoms with Gasteiger partial charge in [-0.15, -0.1) is 0 Å². The van der Waals surface area contributed by atoms with Crippen molar-refractivity contribution in [1.29, 1.82) is 0 Å². The number of urea groups is 1. The van der Waals surface area contributed by atoms with Crippen molar-refractivity contribution in [1.82, 2.24) is 20.4 Å². The number of hydrogen-bond donors (Lipinski definition) is 3. The highest BCUT2D eigenvalue weighted by Gasteiger charge is 2.28. The first kappa shape index (κ1) is 16.9. The van der Waals surface area contributed by atoms with E-state index in [1.165, 1.54) is 7.05 Å². The monoisotopic (exact) mass is 285 g/mol. The summed E-state index contributed by atoms with van der Waals surface area (Å²) >= 11 is 0. The van der Waals surface area contributed by atoms with Crippen molar-refractivity contribution < 1.29 is 9.59 Å². The van der Waals surface area contributed by atoms with Crippen LogP contribution in [0.5, 0.6) is 0 Å². The Balaban J connectivity index is 2.44. The number of rotatable bonds is 5. The van der Waals surface area contributed by atoms with Crippen LogP contribution < -0.4 is 16.4 Å². The van der Waals surface area contributed by atoms with Gasteiger partial charge in [0.15, 0.2) is 0 Å². The third-order valence-corrected chi connectivity index (χ3v) is 4.00. The average molecular weight is 285 g/mol. The van der Waals surface area contributed by atoms with E-state index in [4.69, 9.17) is 5.73 Å². The van der Waals surface area contributed by atoms with Crippen LogP contribution in [-0.2, 0) is 4.79 Å². The van der Waals surface area contributed by atoms with Crippen LogP contribution in [-0.4, -0.2) is 73.6 Å². The minimum Gasteiger partial charge on any atom is -0.341 e. The molecule has 2 unspecified atom stereocenters. The van der Waals surface area contributed by atoms with Crippen molar-refractivity contribution in [3.8, 4) is 0 Å². The van der Waals surface area contributed by atoms with Crippen molar-refractivity contribution in [2.75, 3.05) is 39.8 Å². The summed E-state index contributed by atoms with van der Waals surface area (Å²) in [4.78, 5) is 27.5. The molecule has 0 aromatic heterocycles. The molecule has 2 atom stereocenters. The molecule has 4 N–H and O–H groups in total. The van der Waals surface area contributed by atoms with Gasteiger partial charge in [-0.25, -0.2) is 4.79 Å².